The van der Waals surface area contributed by atoms with Crippen LogP contribution in [-0.4, -0.2) is 13.1 Å². The fourth-order valence-electron chi connectivity index (χ4n) is 1.48. The molecule has 0 unspecified atom stereocenters. The van der Waals surface area contributed by atoms with Crippen LogP contribution >= 0.6 is 11.8 Å². The lowest BCUT2D eigenvalue weighted by molar-refractivity contribution is 0.0600. The van der Waals surface area contributed by atoms with E-state index in [-0.39, 0.29) is 0 Å². The average molecular weight is 263 g/mol. The molecule has 0 saturated carbocycles. The molecular formula is C13H13NO3S. The second-order valence-corrected chi connectivity index (χ2v) is 4.77. The molecule has 1 heterocycles. The molecule has 2 rings (SSSR count). The Morgan fingerprint density at radius 2 is 2.11 bits per heavy atom. The molecule has 1 aromatic carbocycles. The van der Waals surface area contributed by atoms with E-state index in [4.69, 9.17) is 10.2 Å². The van der Waals surface area contributed by atoms with E-state index in [1.54, 1.807) is 24.5 Å². The van der Waals surface area contributed by atoms with E-state index >= 15 is 0 Å². The first-order valence-corrected chi connectivity index (χ1v) is 6.13. The fraction of sp³-hybridized carbons (Fsp3) is 0.154. The van der Waals surface area contributed by atoms with Crippen LogP contribution in [0.4, 0.5) is 5.69 Å². The van der Waals surface area contributed by atoms with Crippen molar-refractivity contribution in [2.45, 2.75) is 16.7 Å². The van der Waals surface area contributed by atoms with Crippen molar-refractivity contribution in [1.82, 2.24) is 0 Å². The van der Waals surface area contributed by atoms with Crippen LogP contribution in [0.3, 0.4) is 0 Å². The SMILES string of the molecule is COC(=O)c1ccc(Sc2ccoc2C)c(N)c1. The summed E-state index contributed by atoms with van der Waals surface area (Å²) in [5.74, 6) is 0.453. The van der Waals surface area contributed by atoms with E-state index in [0.717, 1.165) is 15.6 Å². The topological polar surface area (TPSA) is 65.5 Å². The van der Waals surface area contributed by atoms with E-state index in [1.807, 2.05) is 13.0 Å². The second kappa shape index (κ2) is 5.18. The number of ether oxygens (including phenoxy) is 1. The molecule has 5 heteroatoms. The maximum atomic E-state index is 11.3. The predicted octanol–water partition coefficient (Wildman–Crippen LogP) is 3.11. The Hall–Kier alpha value is -1.88. The van der Waals surface area contributed by atoms with E-state index in [0.29, 0.717) is 11.3 Å². The molecular weight excluding hydrogens is 250 g/mol. The molecule has 0 radical (unpaired) electrons. The van der Waals surface area contributed by atoms with Gasteiger partial charge in [0.25, 0.3) is 0 Å². The third-order valence-electron chi connectivity index (χ3n) is 2.46. The molecule has 0 aliphatic rings. The zero-order valence-electron chi connectivity index (χ0n) is 10.1. The average Bonchev–Trinajstić information content (AvgIpc) is 2.76. The number of esters is 1. The summed E-state index contributed by atoms with van der Waals surface area (Å²) < 4.78 is 9.86. The standard InChI is InChI=1S/C13H13NO3S/c1-8-11(5-6-17-8)18-12-4-3-9(7-10(12)14)13(15)16-2/h3-7H,14H2,1-2H3. The van der Waals surface area contributed by atoms with Gasteiger partial charge in [0.1, 0.15) is 5.76 Å². The number of rotatable bonds is 3. The highest BCUT2D eigenvalue weighted by Gasteiger charge is 2.10. The molecule has 0 bridgehead atoms. The molecule has 18 heavy (non-hydrogen) atoms. The minimum absolute atomic E-state index is 0.391. The van der Waals surface area contributed by atoms with Gasteiger partial charge < -0.3 is 14.9 Å². The largest absolute Gasteiger partial charge is 0.468 e. The minimum Gasteiger partial charge on any atom is -0.468 e. The first-order chi connectivity index (χ1) is 8.61. The number of aryl methyl sites for hydroxylation is 1. The Morgan fingerprint density at radius 3 is 2.67 bits per heavy atom. The Balaban J connectivity index is 2.25. The highest BCUT2D eigenvalue weighted by Crippen LogP contribution is 2.34. The van der Waals surface area contributed by atoms with E-state index < -0.39 is 5.97 Å². The van der Waals surface area contributed by atoms with Crippen molar-refractivity contribution >= 4 is 23.4 Å². The van der Waals surface area contributed by atoms with Gasteiger partial charge in [-0.25, -0.2) is 4.79 Å². The number of furan rings is 1. The number of hydrogen-bond donors (Lipinski definition) is 1. The maximum absolute atomic E-state index is 11.3. The van der Waals surface area contributed by atoms with Crippen LogP contribution in [0.2, 0.25) is 0 Å². The Bertz CT molecular complexity index is 577. The van der Waals surface area contributed by atoms with Crippen LogP contribution in [0.5, 0.6) is 0 Å². The van der Waals surface area contributed by atoms with E-state index in [1.165, 1.54) is 18.9 Å². The summed E-state index contributed by atoms with van der Waals surface area (Å²) >= 11 is 1.50. The Morgan fingerprint density at radius 1 is 1.33 bits per heavy atom. The summed E-state index contributed by atoms with van der Waals surface area (Å²) in [5.41, 5.74) is 6.91. The monoisotopic (exact) mass is 263 g/mol. The number of hydrogen-bond acceptors (Lipinski definition) is 5. The first-order valence-electron chi connectivity index (χ1n) is 5.31. The fourth-order valence-corrected chi connectivity index (χ4v) is 2.35. The smallest absolute Gasteiger partial charge is 0.337 e. The van der Waals surface area contributed by atoms with Crippen molar-refractivity contribution in [1.29, 1.82) is 0 Å². The predicted molar refractivity (Wildman–Crippen MR) is 69.8 cm³/mol. The van der Waals surface area contributed by atoms with Gasteiger partial charge in [-0.05, 0) is 31.2 Å². The van der Waals surface area contributed by atoms with Crippen LogP contribution in [0, 0.1) is 6.92 Å². The number of nitrogens with two attached hydrogens (primary N) is 1. The van der Waals surface area contributed by atoms with Gasteiger partial charge in [0.2, 0.25) is 0 Å². The van der Waals surface area contributed by atoms with Crippen molar-refractivity contribution in [3.05, 3.63) is 41.9 Å². The number of carbonyl (C=O) groups excluding carboxylic acids is 1. The highest BCUT2D eigenvalue weighted by molar-refractivity contribution is 7.99. The lowest BCUT2D eigenvalue weighted by Crippen LogP contribution is -2.02. The van der Waals surface area contributed by atoms with Gasteiger partial charge in [-0.15, -0.1) is 0 Å². The highest BCUT2D eigenvalue weighted by atomic mass is 32.2. The molecule has 0 atom stereocenters. The van der Waals surface area contributed by atoms with Crippen LogP contribution < -0.4 is 5.73 Å². The lowest BCUT2D eigenvalue weighted by atomic mass is 10.2. The summed E-state index contributed by atoms with van der Waals surface area (Å²) in [6, 6.07) is 7.00. The van der Waals surface area contributed by atoms with Gasteiger partial charge in [-0.3, -0.25) is 0 Å². The zero-order valence-corrected chi connectivity index (χ0v) is 10.9. The Labute approximate surface area is 109 Å². The normalized spacial score (nSPS) is 10.3. The molecule has 2 aromatic rings. The maximum Gasteiger partial charge on any atom is 0.337 e. The van der Waals surface area contributed by atoms with Crippen molar-refractivity contribution in [2.75, 3.05) is 12.8 Å². The quantitative estimate of drug-likeness (QED) is 0.681. The van der Waals surface area contributed by atoms with Crippen molar-refractivity contribution in [3.8, 4) is 0 Å². The van der Waals surface area contributed by atoms with E-state index in [9.17, 15) is 4.79 Å². The molecule has 0 amide bonds. The number of methoxy groups -OCH3 is 1. The van der Waals surface area contributed by atoms with Crippen LogP contribution in [-0.2, 0) is 4.74 Å². The lowest BCUT2D eigenvalue weighted by Gasteiger charge is -2.06. The Kier molecular flexibility index (Phi) is 3.62. The van der Waals surface area contributed by atoms with Gasteiger partial charge in [-0.1, -0.05) is 11.8 Å². The van der Waals surface area contributed by atoms with Gasteiger partial charge in [0, 0.05) is 10.6 Å². The third kappa shape index (κ3) is 2.51. The summed E-state index contributed by atoms with van der Waals surface area (Å²) in [7, 11) is 1.34. The summed E-state index contributed by atoms with van der Waals surface area (Å²) in [5, 5.41) is 0. The van der Waals surface area contributed by atoms with Crippen LogP contribution in [0.1, 0.15) is 16.1 Å². The number of nitrogen functional groups attached to an aromatic ring is 1. The van der Waals surface area contributed by atoms with Gasteiger partial charge in [0.15, 0.2) is 0 Å². The van der Waals surface area contributed by atoms with Crippen LogP contribution in [0.15, 0.2) is 44.7 Å². The van der Waals surface area contributed by atoms with Crippen molar-refractivity contribution in [3.63, 3.8) is 0 Å². The number of carbonyl (C=O) groups is 1. The van der Waals surface area contributed by atoms with Crippen molar-refractivity contribution < 1.29 is 13.9 Å². The molecule has 2 N–H and O–H groups in total. The molecule has 4 nitrogen and oxygen atoms in total. The molecule has 0 saturated heterocycles. The molecule has 94 valence electrons. The summed E-state index contributed by atoms with van der Waals surface area (Å²) in [4.78, 5) is 13.2. The van der Waals surface area contributed by atoms with Gasteiger partial charge >= 0.3 is 5.97 Å². The molecule has 0 spiro atoms. The van der Waals surface area contributed by atoms with Gasteiger partial charge in [-0.2, -0.15) is 0 Å². The summed E-state index contributed by atoms with van der Waals surface area (Å²) in [6.07, 6.45) is 1.64. The third-order valence-corrected chi connectivity index (χ3v) is 3.70. The van der Waals surface area contributed by atoms with Gasteiger partial charge in [0.05, 0.1) is 23.8 Å². The molecule has 0 aliphatic heterocycles. The second-order valence-electron chi connectivity index (χ2n) is 3.69. The van der Waals surface area contributed by atoms with E-state index in [2.05, 4.69) is 4.74 Å². The molecule has 0 fully saturated rings. The molecule has 1 aromatic heterocycles. The minimum atomic E-state index is -0.391. The first kappa shape index (κ1) is 12.6. The summed E-state index contributed by atoms with van der Waals surface area (Å²) in [6.45, 7) is 1.89. The number of benzene rings is 1. The number of anilines is 1. The molecule has 0 aliphatic carbocycles. The van der Waals surface area contributed by atoms with Crippen molar-refractivity contribution in [2.24, 2.45) is 0 Å². The van der Waals surface area contributed by atoms with Crippen LogP contribution in [0.25, 0.3) is 0 Å². The zero-order chi connectivity index (χ0) is 13.1.